The summed E-state index contributed by atoms with van der Waals surface area (Å²) in [5.74, 6) is 0.605. The van der Waals surface area contributed by atoms with E-state index in [-0.39, 0.29) is 12.6 Å². The third-order valence-electron chi connectivity index (χ3n) is 4.59. The van der Waals surface area contributed by atoms with Gasteiger partial charge in [-0.25, -0.2) is 4.79 Å². The van der Waals surface area contributed by atoms with Gasteiger partial charge in [-0.15, -0.1) is 0 Å². The third-order valence-corrected chi connectivity index (χ3v) is 4.59. The van der Waals surface area contributed by atoms with Crippen molar-refractivity contribution in [2.24, 2.45) is 0 Å². The quantitative estimate of drug-likeness (QED) is 0.869. The topological polar surface area (TPSA) is 60.2 Å². The smallest absolute Gasteiger partial charge is 0.359 e. The minimum absolute atomic E-state index is 0.0224. The first kappa shape index (κ1) is 16.3. The molecule has 0 bridgehead atoms. The molecule has 0 fully saturated rings. The summed E-state index contributed by atoms with van der Waals surface area (Å²) in [7, 11) is 3.25. The van der Waals surface area contributed by atoms with Gasteiger partial charge in [-0.1, -0.05) is 30.3 Å². The fourth-order valence-corrected chi connectivity index (χ4v) is 3.53. The molecule has 126 valence electrons. The van der Waals surface area contributed by atoms with E-state index in [1.807, 2.05) is 30.3 Å². The fourth-order valence-electron chi connectivity index (χ4n) is 3.53. The molecule has 0 saturated carbocycles. The lowest BCUT2D eigenvalue weighted by Crippen LogP contribution is -3.14. The molecule has 2 atom stereocenters. The van der Waals surface area contributed by atoms with Crippen molar-refractivity contribution in [2.45, 2.75) is 12.5 Å². The van der Waals surface area contributed by atoms with Gasteiger partial charge in [0.25, 0.3) is 0 Å². The van der Waals surface area contributed by atoms with Crippen LogP contribution in [0, 0.1) is 0 Å². The zero-order valence-electron chi connectivity index (χ0n) is 13.9. The Morgan fingerprint density at radius 1 is 1.17 bits per heavy atom. The Labute approximate surface area is 141 Å². The second-order valence-electron chi connectivity index (χ2n) is 5.98. The maximum Gasteiger partial charge on any atom is 0.359 e. The average Bonchev–Trinajstić information content (AvgIpc) is 2.60. The van der Waals surface area contributed by atoms with Crippen LogP contribution in [0.5, 0.6) is 11.5 Å². The van der Waals surface area contributed by atoms with Crippen LogP contribution in [0.4, 0.5) is 0 Å². The number of nitrogens with one attached hydrogen (secondary N) is 1. The van der Waals surface area contributed by atoms with Crippen molar-refractivity contribution in [3.63, 3.8) is 0 Å². The Bertz CT molecular complexity index is 730. The summed E-state index contributed by atoms with van der Waals surface area (Å²) in [5, 5.41) is 9.30. The van der Waals surface area contributed by atoms with Crippen LogP contribution in [0.1, 0.15) is 22.7 Å². The van der Waals surface area contributed by atoms with Gasteiger partial charge in [0.2, 0.25) is 0 Å². The summed E-state index contributed by atoms with van der Waals surface area (Å²) in [6, 6.07) is 14.0. The van der Waals surface area contributed by atoms with Crippen LogP contribution in [0.2, 0.25) is 0 Å². The van der Waals surface area contributed by atoms with E-state index in [0.717, 1.165) is 29.0 Å². The van der Waals surface area contributed by atoms with Crippen LogP contribution in [-0.4, -0.2) is 38.4 Å². The molecule has 3 rings (SSSR count). The first-order valence-electron chi connectivity index (χ1n) is 8.00. The zero-order valence-corrected chi connectivity index (χ0v) is 13.9. The van der Waals surface area contributed by atoms with Crippen LogP contribution >= 0.6 is 0 Å². The molecule has 5 nitrogen and oxygen atoms in total. The molecule has 0 aromatic heterocycles. The predicted octanol–water partition coefficient (Wildman–Crippen LogP) is 1.32. The molecule has 2 aromatic rings. The molecule has 0 aliphatic carbocycles. The molecule has 1 aliphatic heterocycles. The Balaban J connectivity index is 2.12. The molecule has 0 amide bonds. The molecular formula is C19H22NO4+. The van der Waals surface area contributed by atoms with Crippen molar-refractivity contribution in [1.82, 2.24) is 0 Å². The summed E-state index contributed by atoms with van der Waals surface area (Å²) in [6.07, 6.45) is 0.821. The molecule has 1 heterocycles. The summed E-state index contributed by atoms with van der Waals surface area (Å²) in [4.78, 5) is 12.3. The number of carbonyl (C=O) groups is 1. The normalized spacial score (nSPS) is 19.4. The van der Waals surface area contributed by atoms with Crippen molar-refractivity contribution in [3.8, 4) is 11.5 Å². The van der Waals surface area contributed by atoms with Gasteiger partial charge in [-0.2, -0.15) is 0 Å². The van der Waals surface area contributed by atoms with Crippen molar-refractivity contribution in [3.05, 3.63) is 59.2 Å². The monoisotopic (exact) mass is 328 g/mol. The van der Waals surface area contributed by atoms with Gasteiger partial charge in [0.1, 0.15) is 6.04 Å². The van der Waals surface area contributed by atoms with Gasteiger partial charge >= 0.3 is 5.97 Å². The maximum absolute atomic E-state index is 11.3. The Morgan fingerprint density at radius 3 is 2.46 bits per heavy atom. The van der Waals surface area contributed by atoms with Crippen LogP contribution in [0.3, 0.4) is 0 Å². The highest BCUT2D eigenvalue weighted by atomic mass is 16.5. The highest BCUT2D eigenvalue weighted by Gasteiger charge is 2.34. The third kappa shape index (κ3) is 3.08. The lowest BCUT2D eigenvalue weighted by atomic mass is 9.87. The molecule has 2 N–H and O–H groups in total. The summed E-state index contributed by atoms with van der Waals surface area (Å²) in [5.41, 5.74) is 3.42. The van der Waals surface area contributed by atoms with E-state index in [0.29, 0.717) is 11.5 Å². The van der Waals surface area contributed by atoms with Crippen LogP contribution < -0.4 is 14.4 Å². The number of carboxylic acid groups (broad SMARTS) is 1. The molecule has 1 aliphatic rings. The van der Waals surface area contributed by atoms with Gasteiger partial charge in [0.15, 0.2) is 18.0 Å². The van der Waals surface area contributed by atoms with E-state index in [9.17, 15) is 9.90 Å². The van der Waals surface area contributed by atoms with E-state index in [4.69, 9.17) is 9.47 Å². The lowest BCUT2D eigenvalue weighted by molar-refractivity contribution is -0.920. The summed E-state index contributed by atoms with van der Waals surface area (Å²) in [6.45, 7) is 0.863. The van der Waals surface area contributed by atoms with E-state index in [1.165, 1.54) is 5.56 Å². The molecule has 0 saturated heterocycles. The Morgan fingerprint density at radius 2 is 1.83 bits per heavy atom. The number of methoxy groups -OCH3 is 2. The second-order valence-corrected chi connectivity index (χ2v) is 5.98. The van der Waals surface area contributed by atoms with Crippen LogP contribution in [0.25, 0.3) is 0 Å². The van der Waals surface area contributed by atoms with Gasteiger partial charge < -0.3 is 19.5 Å². The summed E-state index contributed by atoms with van der Waals surface area (Å²) < 4.78 is 10.9. The molecular weight excluding hydrogens is 306 g/mol. The molecule has 0 radical (unpaired) electrons. The van der Waals surface area contributed by atoms with Crippen molar-refractivity contribution in [1.29, 1.82) is 0 Å². The number of ether oxygens (including phenoxy) is 2. The van der Waals surface area contributed by atoms with Crippen LogP contribution in [-0.2, 0) is 11.2 Å². The summed E-state index contributed by atoms with van der Waals surface area (Å²) >= 11 is 0. The van der Waals surface area contributed by atoms with Gasteiger partial charge in [-0.3, -0.25) is 0 Å². The van der Waals surface area contributed by atoms with Crippen molar-refractivity contribution < 1.29 is 24.3 Å². The molecule has 5 heteroatoms. The minimum atomic E-state index is -0.783. The SMILES string of the molecule is COc1cc2c(cc1OC)C(c1ccccc1)[NH+](CC(=O)O)CC2. The van der Waals surface area contributed by atoms with E-state index in [2.05, 4.69) is 12.1 Å². The Hall–Kier alpha value is -2.53. The molecule has 24 heavy (non-hydrogen) atoms. The predicted molar refractivity (Wildman–Crippen MR) is 89.9 cm³/mol. The minimum Gasteiger partial charge on any atom is -0.493 e. The van der Waals surface area contributed by atoms with Gasteiger partial charge in [0, 0.05) is 17.5 Å². The highest BCUT2D eigenvalue weighted by Crippen LogP contribution is 2.35. The number of carboxylic acids is 1. The maximum atomic E-state index is 11.3. The van der Waals surface area contributed by atoms with E-state index in [1.54, 1.807) is 14.2 Å². The molecule has 2 unspecified atom stereocenters. The molecule has 2 aromatic carbocycles. The number of rotatable bonds is 5. The fraction of sp³-hybridized carbons (Fsp3) is 0.316. The first-order chi connectivity index (χ1) is 11.6. The van der Waals surface area contributed by atoms with Crippen molar-refractivity contribution >= 4 is 5.97 Å². The number of hydrogen-bond donors (Lipinski definition) is 2. The zero-order chi connectivity index (χ0) is 17.1. The highest BCUT2D eigenvalue weighted by molar-refractivity contribution is 5.67. The lowest BCUT2D eigenvalue weighted by Gasteiger charge is -2.34. The van der Waals surface area contributed by atoms with Gasteiger partial charge in [-0.05, 0) is 17.7 Å². The van der Waals surface area contributed by atoms with E-state index >= 15 is 0 Å². The Kier molecular flexibility index (Phi) is 4.71. The number of benzene rings is 2. The number of fused-ring (bicyclic) bond motifs is 1. The average molecular weight is 328 g/mol. The number of hydrogen-bond acceptors (Lipinski definition) is 3. The largest absolute Gasteiger partial charge is 0.493 e. The standard InChI is InChI=1S/C19H21NO4/c1-23-16-10-14-8-9-20(12-18(21)22)19(13-6-4-3-5-7-13)15(14)11-17(16)24-2/h3-7,10-11,19H,8-9,12H2,1-2H3,(H,21,22)/p+1. The van der Waals surface area contributed by atoms with Crippen molar-refractivity contribution in [2.75, 3.05) is 27.3 Å². The van der Waals surface area contributed by atoms with E-state index < -0.39 is 5.97 Å². The number of quaternary nitrogens is 1. The molecule has 0 spiro atoms. The van der Waals surface area contributed by atoms with Gasteiger partial charge in [0.05, 0.1) is 20.8 Å². The first-order valence-corrected chi connectivity index (χ1v) is 8.00. The second kappa shape index (κ2) is 6.93. The number of aliphatic carboxylic acids is 1. The van der Waals surface area contributed by atoms with Crippen LogP contribution in [0.15, 0.2) is 42.5 Å².